The molecule has 2 aromatic heterocycles. The van der Waals surface area contributed by atoms with Crippen LogP contribution >= 0.6 is 11.3 Å². The van der Waals surface area contributed by atoms with Gasteiger partial charge in [0.05, 0.1) is 10.2 Å². The molecule has 0 saturated carbocycles. The molecule has 0 radical (unpaired) electrons. The molecule has 0 saturated heterocycles. The predicted molar refractivity (Wildman–Crippen MR) is 75.0 cm³/mol. The summed E-state index contributed by atoms with van der Waals surface area (Å²) >= 11 is 1.70. The summed E-state index contributed by atoms with van der Waals surface area (Å²) in [5.41, 5.74) is 2.25. The van der Waals surface area contributed by atoms with E-state index in [0.717, 1.165) is 30.0 Å². The zero-order chi connectivity index (χ0) is 12.2. The highest BCUT2D eigenvalue weighted by atomic mass is 32.1. The molecular weight excluding hydrogens is 244 g/mol. The number of anilines is 1. The summed E-state index contributed by atoms with van der Waals surface area (Å²) in [6.07, 6.45) is 3.87. The number of nitrogens with zero attached hydrogens (tertiary/aromatic N) is 2. The number of hydrogen-bond acceptors (Lipinski definition) is 4. The van der Waals surface area contributed by atoms with Crippen molar-refractivity contribution in [2.75, 3.05) is 11.9 Å². The second kappa shape index (κ2) is 5.18. The maximum Gasteiger partial charge on any atom is 0.183 e. The molecular formula is C13H14N4S. The molecule has 3 aromatic rings. The number of rotatable bonds is 5. The quantitative estimate of drug-likeness (QED) is 0.691. The smallest absolute Gasteiger partial charge is 0.183 e. The van der Waals surface area contributed by atoms with Crippen LogP contribution in [0, 0.1) is 0 Å². The van der Waals surface area contributed by atoms with E-state index in [9.17, 15) is 0 Å². The summed E-state index contributed by atoms with van der Waals surface area (Å²) in [5, 5.41) is 11.3. The van der Waals surface area contributed by atoms with Crippen molar-refractivity contribution in [3.63, 3.8) is 0 Å². The van der Waals surface area contributed by atoms with Gasteiger partial charge in [-0.05, 0) is 31.0 Å². The zero-order valence-electron chi connectivity index (χ0n) is 9.89. The fourth-order valence-corrected chi connectivity index (χ4v) is 2.74. The van der Waals surface area contributed by atoms with Crippen molar-refractivity contribution in [2.24, 2.45) is 0 Å². The summed E-state index contributed by atoms with van der Waals surface area (Å²) in [6, 6.07) is 10.2. The first-order chi connectivity index (χ1) is 8.92. The van der Waals surface area contributed by atoms with E-state index < -0.39 is 0 Å². The highest BCUT2D eigenvalue weighted by molar-refractivity contribution is 7.22. The molecule has 18 heavy (non-hydrogen) atoms. The van der Waals surface area contributed by atoms with Crippen LogP contribution in [0.15, 0.2) is 36.5 Å². The Morgan fingerprint density at radius 3 is 3.00 bits per heavy atom. The van der Waals surface area contributed by atoms with Crippen molar-refractivity contribution in [3.8, 4) is 0 Å². The predicted octanol–water partition coefficient (Wildman–Crippen LogP) is 3.06. The number of aromatic amines is 1. The highest BCUT2D eigenvalue weighted by Crippen LogP contribution is 2.25. The fourth-order valence-electron chi connectivity index (χ4n) is 1.85. The first-order valence-electron chi connectivity index (χ1n) is 5.99. The van der Waals surface area contributed by atoms with Gasteiger partial charge >= 0.3 is 0 Å². The standard InChI is InChI=1S/C13H14N4S/c1-2-6-12-11(5-1)16-13(18-12)14-8-3-4-10-7-9-15-17-10/h1-2,5-7,9H,3-4,8H2,(H,14,16)(H,15,17). The molecule has 0 aliphatic carbocycles. The van der Waals surface area contributed by atoms with E-state index in [4.69, 9.17) is 0 Å². The van der Waals surface area contributed by atoms with Crippen molar-refractivity contribution >= 4 is 26.7 Å². The molecule has 0 fully saturated rings. The Hall–Kier alpha value is -1.88. The molecule has 2 heterocycles. The lowest BCUT2D eigenvalue weighted by Gasteiger charge is -2.00. The van der Waals surface area contributed by atoms with Gasteiger partial charge in [0.2, 0.25) is 0 Å². The van der Waals surface area contributed by atoms with E-state index in [2.05, 4.69) is 26.6 Å². The molecule has 3 rings (SSSR count). The third-order valence-electron chi connectivity index (χ3n) is 2.75. The van der Waals surface area contributed by atoms with Gasteiger partial charge in [0.25, 0.3) is 0 Å². The van der Waals surface area contributed by atoms with Gasteiger partial charge in [0.15, 0.2) is 5.13 Å². The molecule has 0 atom stereocenters. The minimum absolute atomic E-state index is 0.929. The molecule has 4 nitrogen and oxygen atoms in total. The van der Waals surface area contributed by atoms with Gasteiger partial charge in [-0.25, -0.2) is 4.98 Å². The highest BCUT2D eigenvalue weighted by Gasteiger charge is 2.01. The third-order valence-corrected chi connectivity index (χ3v) is 3.75. The van der Waals surface area contributed by atoms with Gasteiger partial charge in [-0.15, -0.1) is 0 Å². The Morgan fingerprint density at radius 2 is 2.17 bits per heavy atom. The van der Waals surface area contributed by atoms with Crippen LogP contribution in [0.1, 0.15) is 12.1 Å². The third kappa shape index (κ3) is 2.51. The number of benzene rings is 1. The van der Waals surface area contributed by atoms with Crippen LogP contribution in [-0.4, -0.2) is 21.7 Å². The Kier molecular flexibility index (Phi) is 3.23. The van der Waals surface area contributed by atoms with Gasteiger partial charge in [-0.1, -0.05) is 23.5 Å². The number of para-hydroxylation sites is 1. The molecule has 0 spiro atoms. The summed E-state index contributed by atoms with van der Waals surface area (Å²) in [4.78, 5) is 4.53. The maximum absolute atomic E-state index is 4.53. The lowest BCUT2D eigenvalue weighted by Crippen LogP contribution is -2.02. The van der Waals surface area contributed by atoms with Crippen LogP contribution in [0.2, 0.25) is 0 Å². The second-order valence-electron chi connectivity index (χ2n) is 4.10. The number of hydrogen-bond donors (Lipinski definition) is 2. The molecule has 2 N–H and O–H groups in total. The largest absolute Gasteiger partial charge is 0.361 e. The number of aryl methyl sites for hydroxylation is 1. The van der Waals surface area contributed by atoms with Gasteiger partial charge < -0.3 is 5.32 Å². The summed E-state index contributed by atoms with van der Waals surface area (Å²) in [5.74, 6) is 0. The van der Waals surface area contributed by atoms with Crippen LogP contribution in [0.25, 0.3) is 10.2 Å². The van der Waals surface area contributed by atoms with Crippen LogP contribution in [-0.2, 0) is 6.42 Å². The second-order valence-corrected chi connectivity index (χ2v) is 5.13. The Bertz CT molecular complexity index is 582. The summed E-state index contributed by atoms with van der Waals surface area (Å²) in [7, 11) is 0. The average Bonchev–Trinajstić information content (AvgIpc) is 3.03. The number of thiazole rings is 1. The van der Waals surface area contributed by atoms with Gasteiger partial charge in [-0.2, -0.15) is 5.10 Å². The van der Waals surface area contributed by atoms with E-state index in [1.165, 1.54) is 10.4 Å². The molecule has 92 valence electrons. The van der Waals surface area contributed by atoms with Gasteiger partial charge in [-0.3, -0.25) is 5.10 Å². The van der Waals surface area contributed by atoms with Crippen LogP contribution < -0.4 is 5.32 Å². The Morgan fingerprint density at radius 1 is 1.22 bits per heavy atom. The van der Waals surface area contributed by atoms with Crippen LogP contribution in [0.3, 0.4) is 0 Å². The maximum atomic E-state index is 4.53. The van der Waals surface area contributed by atoms with E-state index in [1.807, 2.05) is 24.3 Å². The first-order valence-corrected chi connectivity index (χ1v) is 6.81. The molecule has 0 aliphatic heterocycles. The van der Waals surface area contributed by atoms with Crippen molar-refractivity contribution in [3.05, 3.63) is 42.2 Å². The molecule has 5 heteroatoms. The fraction of sp³-hybridized carbons (Fsp3) is 0.231. The van der Waals surface area contributed by atoms with Crippen LogP contribution in [0.5, 0.6) is 0 Å². The molecule has 0 amide bonds. The SMILES string of the molecule is c1ccc2sc(NCCCc3ccn[nH]3)nc2c1. The van der Waals surface area contributed by atoms with Crippen molar-refractivity contribution < 1.29 is 0 Å². The van der Waals surface area contributed by atoms with Crippen molar-refractivity contribution in [1.82, 2.24) is 15.2 Å². The number of H-pyrrole nitrogens is 1. The lowest BCUT2D eigenvalue weighted by molar-refractivity contribution is 0.826. The molecule has 0 aliphatic rings. The minimum Gasteiger partial charge on any atom is -0.361 e. The molecule has 0 bridgehead atoms. The van der Waals surface area contributed by atoms with Gasteiger partial charge in [0, 0.05) is 18.4 Å². The molecule has 0 unspecified atom stereocenters. The first kappa shape index (κ1) is 11.2. The minimum atomic E-state index is 0.929. The van der Waals surface area contributed by atoms with Crippen molar-refractivity contribution in [2.45, 2.75) is 12.8 Å². The van der Waals surface area contributed by atoms with Crippen LogP contribution in [0.4, 0.5) is 5.13 Å². The Labute approximate surface area is 109 Å². The topological polar surface area (TPSA) is 53.6 Å². The average molecular weight is 258 g/mol. The monoisotopic (exact) mass is 258 g/mol. The van der Waals surface area contributed by atoms with E-state index >= 15 is 0 Å². The normalized spacial score (nSPS) is 10.9. The van der Waals surface area contributed by atoms with Crippen molar-refractivity contribution in [1.29, 1.82) is 0 Å². The van der Waals surface area contributed by atoms with E-state index in [-0.39, 0.29) is 0 Å². The summed E-state index contributed by atoms with van der Waals surface area (Å²) in [6.45, 7) is 0.929. The molecule has 1 aromatic carbocycles. The van der Waals surface area contributed by atoms with E-state index in [0.29, 0.717) is 0 Å². The number of fused-ring (bicyclic) bond motifs is 1. The van der Waals surface area contributed by atoms with E-state index in [1.54, 1.807) is 17.5 Å². The van der Waals surface area contributed by atoms with Gasteiger partial charge in [0.1, 0.15) is 0 Å². The number of aromatic nitrogens is 3. The zero-order valence-corrected chi connectivity index (χ0v) is 10.7. The summed E-state index contributed by atoms with van der Waals surface area (Å²) < 4.78 is 1.23. The Balaban J connectivity index is 1.53. The lowest BCUT2D eigenvalue weighted by atomic mass is 10.2. The number of nitrogens with one attached hydrogen (secondary N) is 2.